The fourth-order valence-electron chi connectivity index (χ4n) is 2.62. The summed E-state index contributed by atoms with van der Waals surface area (Å²) in [5.41, 5.74) is 0.462. The van der Waals surface area contributed by atoms with Crippen molar-refractivity contribution in [1.82, 2.24) is 0 Å². The maximum atomic E-state index is 14.2. The van der Waals surface area contributed by atoms with Crippen LogP contribution in [0.2, 0.25) is 0 Å². The third-order valence-electron chi connectivity index (χ3n) is 3.69. The second-order valence-corrected chi connectivity index (χ2v) is 5.71. The molecule has 1 aromatic rings. The van der Waals surface area contributed by atoms with Gasteiger partial charge in [-0.25, -0.2) is 4.39 Å². The van der Waals surface area contributed by atoms with Gasteiger partial charge in [0.15, 0.2) is 11.6 Å². The summed E-state index contributed by atoms with van der Waals surface area (Å²) in [5, 5.41) is 12.5. The molecule has 6 heteroatoms. The lowest BCUT2D eigenvalue weighted by atomic mass is 9.83. The van der Waals surface area contributed by atoms with Gasteiger partial charge < -0.3 is 14.7 Å². The van der Waals surface area contributed by atoms with Crippen molar-refractivity contribution in [3.8, 4) is 5.75 Å². The van der Waals surface area contributed by atoms with E-state index in [1.165, 1.54) is 0 Å². The van der Waals surface area contributed by atoms with E-state index in [1.807, 2.05) is 0 Å². The van der Waals surface area contributed by atoms with E-state index >= 15 is 0 Å². The predicted octanol–water partition coefficient (Wildman–Crippen LogP) is 3.10. The molecule has 2 aliphatic heterocycles. The molecule has 1 spiro atoms. The lowest BCUT2D eigenvalue weighted by Crippen LogP contribution is -2.46. The summed E-state index contributed by atoms with van der Waals surface area (Å²) in [7, 11) is 0. The molecule has 1 saturated heterocycles. The van der Waals surface area contributed by atoms with Crippen molar-refractivity contribution in [3.63, 3.8) is 0 Å². The normalized spacial score (nSPS) is 23.2. The average molecular weight is 330 g/mol. The van der Waals surface area contributed by atoms with Gasteiger partial charge in [0.05, 0.1) is 23.4 Å². The summed E-state index contributed by atoms with van der Waals surface area (Å²) in [4.78, 5) is 0. The highest BCUT2D eigenvalue weighted by atomic mass is 79.9. The van der Waals surface area contributed by atoms with Crippen LogP contribution in [0.25, 0.3) is 0 Å². The van der Waals surface area contributed by atoms with Gasteiger partial charge in [-0.05, 0) is 28.1 Å². The lowest BCUT2D eigenvalue weighted by Gasteiger charge is -2.41. The van der Waals surface area contributed by atoms with Crippen molar-refractivity contribution in [2.45, 2.75) is 24.9 Å². The van der Waals surface area contributed by atoms with Crippen molar-refractivity contribution in [2.24, 2.45) is 5.16 Å². The molecule has 0 aliphatic carbocycles. The molecule has 0 unspecified atom stereocenters. The van der Waals surface area contributed by atoms with Gasteiger partial charge in [0.25, 0.3) is 0 Å². The third-order valence-corrected chi connectivity index (χ3v) is 4.31. The number of nitrogens with zero attached hydrogens (tertiary/aromatic N) is 1. The van der Waals surface area contributed by atoms with Crippen LogP contribution in [0.4, 0.5) is 4.39 Å². The van der Waals surface area contributed by atoms with Crippen LogP contribution in [0.3, 0.4) is 0 Å². The average Bonchev–Trinajstić information content (AvgIpc) is 2.43. The maximum Gasteiger partial charge on any atom is 0.179 e. The lowest BCUT2D eigenvalue weighted by molar-refractivity contribution is -0.0464. The summed E-state index contributed by atoms with van der Waals surface area (Å²) >= 11 is 3.15. The number of hydrogen-bond donors (Lipinski definition) is 1. The number of fused-ring (bicyclic) bond motifs is 1. The van der Waals surface area contributed by atoms with Crippen LogP contribution in [0, 0.1) is 5.82 Å². The Labute approximate surface area is 118 Å². The number of hydrogen-bond acceptors (Lipinski definition) is 4. The van der Waals surface area contributed by atoms with E-state index in [0.717, 1.165) is 0 Å². The predicted molar refractivity (Wildman–Crippen MR) is 70.5 cm³/mol. The summed E-state index contributed by atoms with van der Waals surface area (Å²) in [5.74, 6) is -0.292. The summed E-state index contributed by atoms with van der Waals surface area (Å²) in [6, 6.07) is 3.29. The summed E-state index contributed by atoms with van der Waals surface area (Å²) in [6.07, 6.45) is 1.80. The smallest absolute Gasteiger partial charge is 0.179 e. The molecule has 1 aromatic carbocycles. The molecule has 3 rings (SSSR count). The largest absolute Gasteiger partial charge is 0.483 e. The Balaban J connectivity index is 2.09. The van der Waals surface area contributed by atoms with Gasteiger partial charge >= 0.3 is 0 Å². The Hall–Kier alpha value is -1.14. The van der Waals surface area contributed by atoms with E-state index in [0.29, 0.717) is 48.2 Å². The van der Waals surface area contributed by atoms with Gasteiger partial charge in [0.1, 0.15) is 5.60 Å². The highest BCUT2D eigenvalue weighted by molar-refractivity contribution is 9.10. The number of benzene rings is 1. The number of rotatable bonds is 0. The van der Waals surface area contributed by atoms with Crippen LogP contribution in [0.15, 0.2) is 21.8 Å². The Kier molecular flexibility index (Phi) is 3.22. The second kappa shape index (κ2) is 4.76. The molecule has 19 heavy (non-hydrogen) atoms. The molecule has 4 nitrogen and oxygen atoms in total. The fraction of sp³-hybridized carbons (Fsp3) is 0.462. The number of oxime groups is 1. The van der Waals surface area contributed by atoms with Crippen molar-refractivity contribution in [2.75, 3.05) is 13.2 Å². The molecule has 2 heterocycles. The molecule has 2 aliphatic rings. The first-order valence-corrected chi connectivity index (χ1v) is 6.91. The SMILES string of the molecule is O/N=C1\CC2(CCOCC2)Oc2c1ccc(Br)c2F. The molecule has 0 radical (unpaired) electrons. The molecular formula is C13H13BrFNO3. The Morgan fingerprint density at radius 2 is 2.05 bits per heavy atom. The molecule has 0 aromatic heterocycles. The second-order valence-electron chi connectivity index (χ2n) is 4.86. The van der Waals surface area contributed by atoms with Crippen molar-refractivity contribution < 1.29 is 19.1 Å². The maximum absolute atomic E-state index is 14.2. The van der Waals surface area contributed by atoms with Gasteiger partial charge in [-0.2, -0.15) is 0 Å². The monoisotopic (exact) mass is 329 g/mol. The number of ether oxygens (including phenoxy) is 2. The highest BCUT2D eigenvalue weighted by Crippen LogP contribution is 2.42. The van der Waals surface area contributed by atoms with E-state index in [1.54, 1.807) is 12.1 Å². The molecule has 102 valence electrons. The van der Waals surface area contributed by atoms with Crippen LogP contribution in [-0.2, 0) is 4.74 Å². The first kappa shape index (κ1) is 12.9. The van der Waals surface area contributed by atoms with Crippen LogP contribution in [0.1, 0.15) is 24.8 Å². The minimum absolute atomic E-state index is 0.162. The van der Waals surface area contributed by atoms with Crippen LogP contribution in [-0.4, -0.2) is 29.7 Å². The Bertz CT molecular complexity index is 541. The van der Waals surface area contributed by atoms with E-state index in [2.05, 4.69) is 21.1 Å². The first-order valence-electron chi connectivity index (χ1n) is 6.11. The Morgan fingerprint density at radius 3 is 2.74 bits per heavy atom. The van der Waals surface area contributed by atoms with Crippen molar-refractivity contribution in [3.05, 3.63) is 28.0 Å². The minimum Gasteiger partial charge on any atom is -0.483 e. The van der Waals surface area contributed by atoms with Crippen LogP contribution >= 0.6 is 15.9 Å². The standard InChI is InChI=1S/C13H13BrFNO3/c14-9-2-1-8-10(16-17)7-13(3-5-18-6-4-13)19-12(8)11(9)15/h1-2,17H,3-7H2/b16-10+. The molecule has 0 amide bonds. The third kappa shape index (κ3) is 2.12. The molecule has 0 bridgehead atoms. The molecule has 0 saturated carbocycles. The van der Waals surface area contributed by atoms with Crippen molar-refractivity contribution >= 4 is 21.6 Å². The molecule has 1 fully saturated rings. The minimum atomic E-state index is -0.519. The quantitative estimate of drug-likeness (QED) is 0.587. The van der Waals surface area contributed by atoms with Gasteiger partial charge in [-0.1, -0.05) is 5.16 Å². The van der Waals surface area contributed by atoms with E-state index < -0.39 is 11.4 Å². The van der Waals surface area contributed by atoms with E-state index in [4.69, 9.17) is 9.47 Å². The van der Waals surface area contributed by atoms with Gasteiger partial charge in [0.2, 0.25) is 0 Å². The van der Waals surface area contributed by atoms with E-state index in [9.17, 15) is 9.60 Å². The zero-order valence-corrected chi connectivity index (χ0v) is 11.7. The summed E-state index contributed by atoms with van der Waals surface area (Å²) < 4.78 is 25.8. The molecule has 0 atom stereocenters. The van der Waals surface area contributed by atoms with E-state index in [-0.39, 0.29) is 5.75 Å². The molecular weight excluding hydrogens is 317 g/mol. The van der Waals surface area contributed by atoms with Gasteiger partial charge in [-0.15, -0.1) is 0 Å². The Morgan fingerprint density at radius 1 is 1.32 bits per heavy atom. The highest BCUT2D eigenvalue weighted by Gasteiger charge is 2.42. The number of halogens is 2. The first-order chi connectivity index (χ1) is 9.15. The van der Waals surface area contributed by atoms with Gasteiger partial charge in [0, 0.05) is 24.8 Å². The fourth-order valence-corrected chi connectivity index (χ4v) is 2.94. The summed E-state index contributed by atoms with van der Waals surface area (Å²) in [6.45, 7) is 1.15. The topological polar surface area (TPSA) is 51.1 Å². The molecule has 1 N–H and O–H groups in total. The van der Waals surface area contributed by atoms with Gasteiger partial charge in [-0.3, -0.25) is 0 Å². The zero-order valence-electron chi connectivity index (χ0n) is 10.2. The zero-order chi connectivity index (χ0) is 13.5. The van der Waals surface area contributed by atoms with Crippen molar-refractivity contribution in [1.29, 1.82) is 0 Å². The van der Waals surface area contributed by atoms with Crippen LogP contribution in [0.5, 0.6) is 5.75 Å². The van der Waals surface area contributed by atoms with Crippen LogP contribution < -0.4 is 4.74 Å².